The smallest absolute Gasteiger partial charge is 0.255 e. The Kier molecular flexibility index (Phi) is 10.2. The number of carbonyl (C=O) groups is 3. The van der Waals surface area contributed by atoms with E-state index >= 15 is 0 Å². The van der Waals surface area contributed by atoms with Crippen molar-refractivity contribution in [1.29, 1.82) is 0 Å². The van der Waals surface area contributed by atoms with E-state index in [1.807, 2.05) is 32.4 Å². The van der Waals surface area contributed by atoms with Crippen LogP contribution in [0.5, 0.6) is 5.75 Å². The van der Waals surface area contributed by atoms with Crippen LogP contribution in [0.3, 0.4) is 0 Å². The second-order valence-electron chi connectivity index (χ2n) is 13.9. The Labute approximate surface area is 262 Å². The summed E-state index contributed by atoms with van der Waals surface area (Å²) in [5.41, 5.74) is 1.52. The maximum atomic E-state index is 13.2. The Morgan fingerprint density at radius 2 is 1.45 bits per heavy atom. The summed E-state index contributed by atoms with van der Waals surface area (Å²) in [5, 5.41) is 2.39. The molecule has 1 aromatic rings. The van der Waals surface area contributed by atoms with Crippen molar-refractivity contribution in [3.63, 3.8) is 0 Å². The van der Waals surface area contributed by atoms with Crippen molar-refractivity contribution in [2.45, 2.75) is 127 Å². The number of benzene rings is 1. The number of hydrogen-bond donors (Lipinski definition) is 1. The molecular weight excluding hydrogens is 558 g/mol. The van der Waals surface area contributed by atoms with Gasteiger partial charge in [0.2, 0.25) is 11.8 Å². The molecule has 0 bridgehead atoms. The largest absolute Gasteiger partial charge is 0.489 e. The minimum Gasteiger partial charge on any atom is -0.489 e. The number of amides is 3. The molecule has 1 N–H and O–H groups in total. The number of nitrogens with one attached hydrogen (secondary N) is 1. The first-order chi connectivity index (χ1) is 21.4. The first kappa shape index (κ1) is 31.5. The van der Waals surface area contributed by atoms with Crippen LogP contribution >= 0.6 is 0 Å². The highest BCUT2D eigenvalue weighted by Gasteiger charge is 2.40. The molecule has 4 fully saturated rings. The van der Waals surface area contributed by atoms with Gasteiger partial charge in [-0.1, -0.05) is 6.42 Å². The zero-order valence-electron chi connectivity index (χ0n) is 26.6. The third-order valence-corrected chi connectivity index (χ3v) is 11.2. The number of piperidine rings is 1. The van der Waals surface area contributed by atoms with E-state index in [-0.39, 0.29) is 30.2 Å². The molecule has 2 aliphatic heterocycles. The van der Waals surface area contributed by atoms with Crippen molar-refractivity contribution in [2.24, 2.45) is 11.8 Å². The molecular formula is C35H51N3O6. The molecule has 6 rings (SSSR count). The monoisotopic (exact) mass is 609 g/mol. The van der Waals surface area contributed by atoms with Gasteiger partial charge < -0.3 is 19.1 Å². The van der Waals surface area contributed by atoms with E-state index in [2.05, 4.69) is 10.2 Å². The molecule has 1 saturated heterocycles. The molecule has 9 nitrogen and oxygen atoms in total. The first-order valence-electron chi connectivity index (χ1n) is 17.2. The van der Waals surface area contributed by atoms with Gasteiger partial charge in [-0.2, -0.15) is 0 Å². The number of fused-ring (bicyclic) bond motifs is 1. The van der Waals surface area contributed by atoms with Crippen molar-refractivity contribution in [3.8, 4) is 5.75 Å². The van der Waals surface area contributed by atoms with Crippen molar-refractivity contribution in [3.05, 3.63) is 29.3 Å². The summed E-state index contributed by atoms with van der Waals surface area (Å²) in [6.07, 6.45) is 15.7. The predicted molar refractivity (Wildman–Crippen MR) is 166 cm³/mol. The normalized spacial score (nSPS) is 32.9. The summed E-state index contributed by atoms with van der Waals surface area (Å²) in [6, 6.07) is 5.56. The molecule has 3 saturated carbocycles. The third-order valence-electron chi connectivity index (χ3n) is 11.2. The lowest BCUT2D eigenvalue weighted by Gasteiger charge is -2.44. The Hall–Kier alpha value is -2.49. The molecule has 2 heterocycles. The topological polar surface area (TPSA) is 97.4 Å². The quantitative estimate of drug-likeness (QED) is 0.379. The lowest BCUT2D eigenvalue weighted by molar-refractivity contribution is -0.136. The lowest BCUT2D eigenvalue weighted by Crippen LogP contribution is -2.52. The van der Waals surface area contributed by atoms with Gasteiger partial charge in [0.05, 0.1) is 12.2 Å². The van der Waals surface area contributed by atoms with Crippen LogP contribution in [0, 0.1) is 11.8 Å². The van der Waals surface area contributed by atoms with Gasteiger partial charge in [-0.25, -0.2) is 0 Å². The lowest BCUT2D eigenvalue weighted by atomic mass is 9.83. The fourth-order valence-corrected chi connectivity index (χ4v) is 8.54. The van der Waals surface area contributed by atoms with Gasteiger partial charge in [0.1, 0.15) is 17.9 Å². The minimum atomic E-state index is -0.605. The zero-order chi connectivity index (χ0) is 30.6. The van der Waals surface area contributed by atoms with Crippen LogP contribution in [0.2, 0.25) is 0 Å². The summed E-state index contributed by atoms with van der Waals surface area (Å²) in [6.45, 7) is 2.63. The molecule has 0 spiro atoms. The number of imide groups is 1. The summed E-state index contributed by atoms with van der Waals surface area (Å²) in [5.74, 6) is 1.41. The highest BCUT2D eigenvalue weighted by molar-refractivity contribution is 6.05. The molecule has 3 aliphatic carbocycles. The highest BCUT2D eigenvalue weighted by atomic mass is 16.5. The van der Waals surface area contributed by atoms with Crippen LogP contribution in [0.15, 0.2) is 18.2 Å². The van der Waals surface area contributed by atoms with Crippen LogP contribution in [-0.2, 0) is 25.6 Å². The van der Waals surface area contributed by atoms with Crippen LogP contribution in [0.25, 0.3) is 0 Å². The summed E-state index contributed by atoms with van der Waals surface area (Å²) >= 11 is 0. The first-order valence-corrected chi connectivity index (χ1v) is 17.2. The molecule has 0 aromatic heterocycles. The molecule has 242 valence electrons. The van der Waals surface area contributed by atoms with Crippen LogP contribution in [0.1, 0.15) is 106 Å². The summed E-state index contributed by atoms with van der Waals surface area (Å²) in [7, 11) is 3.69. The van der Waals surface area contributed by atoms with E-state index in [4.69, 9.17) is 14.2 Å². The fourth-order valence-electron chi connectivity index (χ4n) is 8.54. The van der Waals surface area contributed by atoms with Crippen LogP contribution in [0.4, 0.5) is 0 Å². The Morgan fingerprint density at radius 1 is 0.818 bits per heavy atom. The van der Waals surface area contributed by atoms with E-state index in [0.717, 1.165) is 62.9 Å². The van der Waals surface area contributed by atoms with Crippen LogP contribution < -0.4 is 10.1 Å². The Bertz CT molecular complexity index is 1150. The third kappa shape index (κ3) is 7.15. The SMILES string of the molecule is CO[C@H]1CC[C@H](CN(C[C@H]2CC[C@H](OC)CC2)[C@@H]2CCCC[C@@H]2Oc2ccc3c(c2)CN(C2CCC(=O)NC2=O)C3=O)CC1. The van der Waals surface area contributed by atoms with Crippen molar-refractivity contribution in [1.82, 2.24) is 15.1 Å². The van der Waals surface area contributed by atoms with Gasteiger partial charge in [-0.15, -0.1) is 0 Å². The molecule has 3 amide bonds. The number of rotatable bonds is 10. The van der Waals surface area contributed by atoms with E-state index < -0.39 is 6.04 Å². The molecule has 3 atom stereocenters. The second kappa shape index (κ2) is 14.3. The highest BCUT2D eigenvalue weighted by Crippen LogP contribution is 2.36. The Morgan fingerprint density at radius 3 is 2.07 bits per heavy atom. The van der Waals surface area contributed by atoms with Crippen molar-refractivity contribution in [2.75, 3.05) is 27.3 Å². The second-order valence-corrected chi connectivity index (χ2v) is 13.9. The van der Waals surface area contributed by atoms with Gasteiger partial charge in [0, 0.05) is 51.9 Å². The van der Waals surface area contributed by atoms with Gasteiger partial charge in [-0.05, 0) is 113 Å². The Balaban J connectivity index is 1.15. The number of methoxy groups -OCH3 is 2. The maximum absolute atomic E-state index is 13.2. The number of carbonyl (C=O) groups excluding carboxylic acids is 3. The summed E-state index contributed by atoms with van der Waals surface area (Å²) < 4.78 is 18.2. The number of ether oxygens (including phenoxy) is 3. The van der Waals surface area contributed by atoms with Gasteiger partial charge in [0.15, 0.2) is 0 Å². The number of nitrogens with zero attached hydrogens (tertiary/aromatic N) is 2. The standard InChI is InChI=1S/C35H51N3O6/c1-42-26-11-7-23(8-12-26)20-37(21-24-9-13-27(43-2)14-10-24)30-5-3-4-6-32(30)44-28-15-16-29-25(19-28)22-38(35(29)41)31-17-18-33(39)36-34(31)40/h15-16,19,23-24,26-27,30-32H,3-14,17-18,20-22H2,1-2H3,(H,36,39,40)/t23-,24-,26-,27-,30-,31?,32+/m1/s1. The van der Waals surface area contributed by atoms with Crippen molar-refractivity contribution < 1.29 is 28.6 Å². The van der Waals surface area contributed by atoms with E-state index in [9.17, 15) is 14.4 Å². The zero-order valence-corrected chi connectivity index (χ0v) is 26.6. The van der Waals surface area contributed by atoms with E-state index in [1.165, 1.54) is 38.5 Å². The van der Waals surface area contributed by atoms with Gasteiger partial charge in [0.25, 0.3) is 5.91 Å². The van der Waals surface area contributed by atoms with Gasteiger partial charge in [-0.3, -0.25) is 24.6 Å². The van der Waals surface area contributed by atoms with E-state index in [1.54, 1.807) is 4.90 Å². The average molecular weight is 610 g/mol. The molecule has 1 aromatic carbocycles. The fraction of sp³-hybridized carbons (Fsp3) is 0.743. The summed E-state index contributed by atoms with van der Waals surface area (Å²) in [4.78, 5) is 41.8. The molecule has 44 heavy (non-hydrogen) atoms. The number of hydrogen-bond acceptors (Lipinski definition) is 7. The average Bonchev–Trinajstić information content (AvgIpc) is 3.36. The van der Waals surface area contributed by atoms with Gasteiger partial charge >= 0.3 is 0 Å². The maximum Gasteiger partial charge on any atom is 0.255 e. The van der Waals surface area contributed by atoms with Crippen molar-refractivity contribution >= 4 is 17.7 Å². The van der Waals surface area contributed by atoms with Crippen LogP contribution in [-0.4, -0.2) is 85.2 Å². The molecule has 1 unspecified atom stereocenters. The molecule has 0 radical (unpaired) electrons. The van der Waals surface area contributed by atoms with E-state index in [0.29, 0.717) is 48.6 Å². The predicted octanol–water partition coefficient (Wildman–Crippen LogP) is 4.85. The molecule has 9 heteroatoms. The molecule has 5 aliphatic rings. The minimum absolute atomic E-state index is 0.107.